The summed E-state index contributed by atoms with van der Waals surface area (Å²) >= 11 is 0. The predicted octanol–water partition coefficient (Wildman–Crippen LogP) is 5.89. The number of unbranched alkanes of at least 4 members (excludes halogenated alkanes) is 1. The molecule has 0 spiro atoms. The number of fused-ring (bicyclic) bond motifs is 2. The molecule has 2 aromatic heterocycles. The first-order valence-corrected chi connectivity index (χ1v) is 14.2. The molecule has 0 aliphatic carbocycles. The molecule has 0 saturated carbocycles. The van der Waals surface area contributed by atoms with Crippen LogP contribution < -0.4 is 15.5 Å². The van der Waals surface area contributed by atoms with Crippen LogP contribution in [0.15, 0.2) is 83.4 Å². The number of piperazine rings is 1. The molecule has 212 valence electrons. The zero-order valence-corrected chi connectivity index (χ0v) is 23.2. The van der Waals surface area contributed by atoms with Crippen LogP contribution in [0.5, 0.6) is 0 Å². The lowest BCUT2D eigenvalue weighted by Gasteiger charge is -2.36. The number of para-hydroxylation sites is 1. The highest BCUT2D eigenvalue weighted by molar-refractivity contribution is 6.08. The van der Waals surface area contributed by atoms with Crippen molar-refractivity contribution in [2.75, 3.05) is 42.9 Å². The molecule has 1 aliphatic rings. The highest BCUT2D eigenvalue weighted by atomic mass is 16.3. The van der Waals surface area contributed by atoms with Gasteiger partial charge in [-0.05, 0) is 86.0 Å². The van der Waals surface area contributed by atoms with Gasteiger partial charge in [0.15, 0.2) is 5.76 Å². The topological polar surface area (TPSA) is 117 Å². The van der Waals surface area contributed by atoms with Crippen LogP contribution in [0.1, 0.15) is 34.5 Å². The quantitative estimate of drug-likeness (QED) is 0.204. The van der Waals surface area contributed by atoms with E-state index in [1.165, 1.54) is 5.56 Å². The number of furan rings is 1. The van der Waals surface area contributed by atoms with Crippen molar-refractivity contribution in [1.82, 2.24) is 15.2 Å². The molecule has 1 saturated heterocycles. The number of imide groups is 1. The molecule has 3 N–H and O–H groups in total. The van der Waals surface area contributed by atoms with Gasteiger partial charge in [-0.3, -0.25) is 15.0 Å². The Labute approximate surface area is 243 Å². The average molecular weight is 561 g/mol. The predicted molar refractivity (Wildman–Crippen MR) is 164 cm³/mol. The largest absolute Gasteiger partial charge is 0.451 e. The number of nitriles is 1. The molecule has 0 atom stereocenters. The molecule has 6 rings (SSSR count). The molecule has 42 heavy (non-hydrogen) atoms. The molecule has 3 heterocycles. The highest BCUT2D eigenvalue weighted by Gasteiger charge is 2.19. The zero-order valence-electron chi connectivity index (χ0n) is 23.2. The Hall–Kier alpha value is -5.07. The molecule has 3 amide bonds. The van der Waals surface area contributed by atoms with Crippen LogP contribution in [0.2, 0.25) is 0 Å². The number of carbonyl (C=O) groups is 2. The molecule has 1 aliphatic heterocycles. The fourth-order valence-electron chi connectivity index (χ4n) is 5.52. The second-order valence-electron chi connectivity index (χ2n) is 10.6. The zero-order chi connectivity index (χ0) is 28.9. The van der Waals surface area contributed by atoms with Crippen molar-refractivity contribution in [3.05, 3.63) is 95.9 Å². The van der Waals surface area contributed by atoms with Gasteiger partial charge in [0, 0.05) is 60.0 Å². The van der Waals surface area contributed by atoms with Gasteiger partial charge in [-0.25, -0.2) is 4.79 Å². The Morgan fingerprint density at radius 1 is 0.952 bits per heavy atom. The molecular formula is C33H32N6O3. The first-order valence-electron chi connectivity index (χ1n) is 14.2. The van der Waals surface area contributed by atoms with E-state index < -0.39 is 11.9 Å². The average Bonchev–Trinajstić information content (AvgIpc) is 3.63. The summed E-state index contributed by atoms with van der Waals surface area (Å²) in [6.45, 7) is 4.90. The van der Waals surface area contributed by atoms with E-state index in [4.69, 9.17) is 4.42 Å². The molecule has 3 aromatic carbocycles. The SMILES string of the molecule is N#Cc1ccc2[nH]cc(CCCCN3CCN(c4ccc5oc(C(=O)NC(=O)Nc6ccccc6)cc5c4)CC3)c2c1. The minimum absolute atomic E-state index is 0.0910. The number of aryl methyl sites for hydroxylation is 1. The van der Waals surface area contributed by atoms with Crippen LogP contribution in [0.25, 0.3) is 21.9 Å². The Morgan fingerprint density at radius 2 is 1.79 bits per heavy atom. The summed E-state index contributed by atoms with van der Waals surface area (Å²) in [6, 6.07) is 24.0. The minimum Gasteiger partial charge on any atom is -0.451 e. The van der Waals surface area contributed by atoms with Crippen molar-refractivity contribution in [1.29, 1.82) is 5.26 Å². The maximum atomic E-state index is 12.6. The van der Waals surface area contributed by atoms with E-state index in [1.54, 1.807) is 30.3 Å². The van der Waals surface area contributed by atoms with Crippen molar-refractivity contribution in [2.45, 2.75) is 19.3 Å². The van der Waals surface area contributed by atoms with Crippen LogP contribution in [0, 0.1) is 11.3 Å². The smallest absolute Gasteiger partial charge is 0.326 e. The fourth-order valence-corrected chi connectivity index (χ4v) is 5.52. The van der Waals surface area contributed by atoms with E-state index >= 15 is 0 Å². The Bertz CT molecular complexity index is 1760. The monoisotopic (exact) mass is 560 g/mol. The molecule has 0 radical (unpaired) electrons. The van der Waals surface area contributed by atoms with E-state index in [0.29, 0.717) is 16.8 Å². The summed E-state index contributed by atoms with van der Waals surface area (Å²) in [5.41, 5.74) is 5.34. The number of aromatic amines is 1. The molecule has 1 fully saturated rings. The number of hydrogen-bond acceptors (Lipinski definition) is 6. The first kappa shape index (κ1) is 27.1. The van der Waals surface area contributed by atoms with Gasteiger partial charge in [0.25, 0.3) is 5.91 Å². The molecule has 5 aromatic rings. The molecule has 9 heteroatoms. The normalized spacial score (nSPS) is 13.7. The number of anilines is 2. The second-order valence-corrected chi connectivity index (χ2v) is 10.6. The minimum atomic E-state index is -0.614. The van der Waals surface area contributed by atoms with Crippen LogP contribution in [0.3, 0.4) is 0 Å². The van der Waals surface area contributed by atoms with Crippen LogP contribution in [0.4, 0.5) is 16.2 Å². The summed E-state index contributed by atoms with van der Waals surface area (Å²) in [5.74, 6) is -0.500. The van der Waals surface area contributed by atoms with E-state index in [1.807, 2.05) is 42.5 Å². The molecule has 9 nitrogen and oxygen atoms in total. The number of rotatable bonds is 8. The lowest BCUT2D eigenvalue weighted by molar-refractivity contribution is 0.0942. The van der Waals surface area contributed by atoms with Gasteiger partial charge in [0.05, 0.1) is 11.6 Å². The third-order valence-corrected chi connectivity index (χ3v) is 7.79. The van der Waals surface area contributed by atoms with Gasteiger partial charge in [-0.1, -0.05) is 18.2 Å². The van der Waals surface area contributed by atoms with E-state index in [0.717, 1.165) is 74.0 Å². The van der Waals surface area contributed by atoms with Gasteiger partial charge in [0.1, 0.15) is 5.58 Å². The lowest BCUT2D eigenvalue weighted by Crippen LogP contribution is -2.46. The number of urea groups is 1. The number of carbonyl (C=O) groups excluding carboxylic acids is 2. The molecule has 0 bridgehead atoms. The third kappa shape index (κ3) is 6.14. The van der Waals surface area contributed by atoms with E-state index in [9.17, 15) is 14.9 Å². The van der Waals surface area contributed by atoms with Crippen molar-refractivity contribution in [2.24, 2.45) is 0 Å². The maximum Gasteiger partial charge on any atom is 0.326 e. The second kappa shape index (κ2) is 12.2. The van der Waals surface area contributed by atoms with Crippen molar-refractivity contribution >= 4 is 45.2 Å². The van der Waals surface area contributed by atoms with Crippen molar-refractivity contribution in [3.63, 3.8) is 0 Å². The molecule has 0 unspecified atom stereocenters. The first-order chi connectivity index (χ1) is 20.6. The fraction of sp³-hybridized carbons (Fsp3) is 0.242. The van der Waals surface area contributed by atoms with Crippen molar-refractivity contribution < 1.29 is 14.0 Å². The molecular weight excluding hydrogens is 528 g/mol. The number of hydrogen-bond donors (Lipinski definition) is 3. The summed E-state index contributed by atoms with van der Waals surface area (Å²) in [4.78, 5) is 33.0. The van der Waals surface area contributed by atoms with Gasteiger partial charge in [0.2, 0.25) is 0 Å². The summed E-state index contributed by atoms with van der Waals surface area (Å²) < 4.78 is 5.72. The van der Waals surface area contributed by atoms with E-state index in [2.05, 4.69) is 37.7 Å². The standard InChI is InChI=1S/C33H32N6O3/c34-21-23-9-11-29-28(18-23)24(22-35-29)6-4-5-13-38-14-16-39(17-15-38)27-10-12-30-25(19-27)20-31(42-30)32(40)37-33(41)36-26-7-2-1-3-8-26/h1-3,7-12,18-20,22,35H,4-6,13-17H2,(H2,36,37,40,41). The summed E-state index contributed by atoms with van der Waals surface area (Å²) in [7, 11) is 0. The number of H-pyrrole nitrogens is 1. The third-order valence-electron chi connectivity index (χ3n) is 7.79. The highest BCUT2D eigenvalue weighted by Crippen LogP contribution is 2.26. The number of amides is 3. The summed E-state index contributed by atoms with van der Waals surface area (Å²) in [6.07, 6.45) is 5.29. The van der Waals surface area contributed by atoms with Crippen molar-refractivity contribution in [3.8, 4) is 6.07 Å². The Kier molecular flexibility index (Phi) is 7.88. The van der Waals surface area contributed by atoms with Crippen LogP contribution in [-0.2, 0) is 6.42 Å². The number of benzene rings is 3. The van der Waals surface area contributed by atoms with Gasteiger partial charge >= 0.3 is 6.03 Å². The number of nitrogens with one attached hydrogen (secondary N) is 3. The number of nitrogens with zero attached hydrogens (tertiary/aromatic N) is 3. The number of aromatic nitrogens is 1. The Morgan fingerprint density at radius 3 is 2.60 bits per heavy atom. The Balaban J connectivity index is 0.975. The van der Waals surface area contributed by atoms with Gasteiger partial charge in [-0.2, -0.15) is 5.26 Å². The van der Waals surface area contributed by atoms with E-state index in [-0.39, 0.29) is 5.76 Å². The van der Waals surface area contributed by atoms with Crippen LogP contribution in [-0.4, -0.2) is 54.5 Å². The lowest BCUT2D eigenvalue weighted by atomic mass is 10.1. The maximum absolute atomic E-state index is 12.6. The van der Waals surface area contributed by atoms with Crippen LogP contribution >= 0.6 is 0 Å². The summed E-state index contributed by atoms with van der Waals surface area (Å²) in [5, 5.41) is 16.1. The van der Waals surface area contributed by atoms with Gasteiger partial charge < -0.3 is 19.6 Å². The van der Waals surface area contributed by atoms with Gasteiger partial charge in [-0.15, -0.1) is 0 Å².